The van der Waals surface area contributed by atoms with Crippen molar-refractivity contribution < 1.29 is 31.5 Å². The minimum Gasteiger partial charge on any atom is -0.478 e. The third-order valence-electron chi connectivity index (χ3n) is 4.58. The van der Waals surface area contributed by atoms with Crippen LogP contribution in [-0.4, -0.2) is 24.5 Å². The topological polar surface area (TPSA) is 84.3 Å². The number of aromatic nitrogens is 1. The summed E-state index contributed by atoms with van der Waals surface area (Å²) in [7, 11) is -4.52. The zero-order valence-electron chi connectivity index (χ0n) is 16.4. The first-order chi connectivity index (χ1) is 15.0. The number of carboxylic acids is 1. The molecule has 10 heteroatoms. The normalized spacial score (nSPS) is 13.1. The number of halogens is 4. The number of aliphatic carboxylic acids is 1. The Bertz CT molecular complexity index is 1330. The monoisotopic (exact) mass is 481 g/mol. The van der Waals surface area contributed by atoms with Gasteiger partial charge in [-0.15, -0.1) is 0 Å². The first-order valence-corrected chi connectivity index (χ1v) is 10.9. The van der Waals surface area contributed by atoms with E-state index in [1.54, 1.807) is 0 Å². The van der Waals surface area contributed by atoms with Crippen molar-refractivity contribution >= 4 is 33.5 Å². The number of sulfone groups is 1. The summed E-state index contributed by atoms with van der Waals surface area (Å²) < 4.78 is 70.4. The molecule has 0 saturated carbocycles. The lowest BCUT2D eigenvalue weighted by Crippen LogP contribution is -2.19. The highest BCUT2D eigenvalue weighted by Crippen LogP contribution is 2.38. The molecule has 32 heavy (non-hydrogen) atoms. The van der Waals surface area contributed by atoms with E-state index in [1.165, 1.54) is 19.1 Å². The van der Waals surface area contributed by atoms with Crippen LogP contribution in [0.5, 0.6) is 0 Å². The van der Waals surface area contributed by atoms with E-state index in [4.69, 9.17) is 16.7 Å². The maximum absolute atomic E-state index is 14.8. The van der Waals surface area contributed by atoms with Crippen LogP contribution in [0, 0.1) is 17.5 Å². The minimum absolute atomic E-state index is 0.0746. The lowest BCUT2D eigenvalue weighted by Gasteiger charge is -2.20. The van der Waals surface area contributed by atoms with Gasteiger partial charge in [0.25, 0.3) is 0 Å². The van der Waals surface area contributed by atoms with Crippen LogP contribution in [0.2, 0.25) is 5.02 Å². The molecule has 1 aromatic heterocycles. The number of pyridine rings is 1. The second-order valence-corrected chi connectivity index (χ2v) is 9.28. The molecule has 0 aliphatic carbocycles. The fraction of sp³-hybridized carbons (Fsp3) is 0.0909. The molecule has 1 unspecified atom stereocenters. The average Bonchev–Trinajstić information content (AvgIpc) is 2.73. The van der Waals surface area contributed by atoms with Crippen LogP contribution in [0.15, 0.2) is 65.2 Å². The molecule has 0 radical (unpaired) electrons. The zero-order chi connectivity index (χ0) is 23.6. The molecule has 2 aromatic carbocycles. The van der Waals surface area contributed by atoms with Gasteiger partial charge in [0.05, 0.1) is 16.8 Å². The van der Waals surface area contributed by atoms with Gasteiger partial charge in [0.1, 0.15) is 22.7 Å². The van der Waals surface area contributed by atoms with Crippen molar-refractivity contribution in [2.45, 2.75) is 17.1 Å². The van der Waals surface area contributed by atoms with Gasteiger partial charge in [0.2, 0.25) is 0 Å². The van der Waals surface area contributed by atoms with Crippen LogP contribution < -0.4 is 0 Å². The molecule has 0 aliphatic heterocycles. The molecule has 1 heterocycles. The van der Waals surface area contributed by atoms with E-state index < -0.39 is 49.6 Å². The third-order valence-corrected chi connectivity index (χ3v) is 6.89. The SMILES string of the molecule is C/C(=C\c1cc(C(c2cc(F)ccc2F)S(=O)(=O)c2ccc(Cl)cc2)c(F)cn1)C(=O)O. The fourth-order valence-electron chi connectivity index (χ4n) is 3.01. The van der Waals surface area contributed by atoms with E-state index in [1.807, 2.05) is 0 Å². The zero-order valence-corrected chi connectivity index (χ0v) is 18.0. The summed E-state index contributed by atoms with van der Waals surface area (Å²) in [6.07, 6.45) is 1.79. The van der Waals surface area contributed by atoms with E-state index >= 15 is 0 Å². The van der Waals surface area contributed by atoms with Gasteiger partial charge in [-0.05, 0) is 61.5 Å². The average molecular weight is 482 g/mol. The van der Waals surface area contributed by atoms with Gasteiger partial charge in [-0.25, -0.2) is 26.4 Å². The maximum atomic E-state index is 14.8. The van der Waals surface area contributed by atoms with Crippen LogP contribution in [0.4, 0.5) is 13.2 Å². The summed E-state index contributed by atoms with van der Waals surface area (Å²) in [6, 6.07) is 8.12. The molecule has 0 amide bonds. The smallest absolute Gasteiger partial charge is 0.331 e. The molecular formula is C22H15ClF3NO4S. The van der Waals surface area contributed by atoms with Crippen molar-refractivity contribution in [3.8, 4) is 0 Å². The van der Waals surface area contributed by atoms with Gasteiger partial charge in [-0.2, -0.15) is 0 Å². The summed E-state index contributed by atoms with van der Waals surface area (Å²) in [5.74, 6) is -4.35. The number of carbonyl (C=O) groups is 1. The van der Waals surface area contributed by atoms with Crippen molar-refractivity contribution in [2.24, 2.45) is 0 Å². The van der Waals surface area contributed by atoms with Crippen molar-refractivity contribution in [2.75, 3.05) is 0 Å². The van der Waals surface area contributed by atoms with Gasteiger partial charge in [0, 0.05) is 21.7 Å². The van der Waals surface area contributed by atoms with Crippen molar-refractivity contribution in [1.82, 2.24) is 4.98 Å². The fourth-order valence-corrected chi connectivity index (χ4v) is 4.96. The summed E-state index contributed by atoms with van der Waals surface area (Å²) >= 11 is 5.81. The molecule has 0 bridgehead atoms. The van der Waals surface area contributed by atoms with Gasteiger partial charge >= 0.3 is 5.97 Å². The second kappa shape index (κ2) is 9.13. The predicted octanol–water partition coefficient (Wildman–Crippen LogP) is 5.20. The number of rotatable bonds is 6. The first kappa shape index (κ1) is 23.5. The van der Waals surface area contributed by atoms with Crippen molar-refractivity contribution in [3.63, 3.8) is 0 Å². The molecule has 3 aromatic rings. The highest BCUT2D eigenvalue weighted by atomic mass is 35.5. The Labute approximate surface area is 186 Å². The minimum atomic E-state index is -4.52. The predicted molar refractivity (Wildman–Crippen MR) is 112 cm³/mol. The number of hydrogen-bond acceptors (Lipinski definition) is 4. The molecule has 166 valence electrons. The van der Waals surface area contributed by atoms with Crippen LogP contribution in [-0.2, 0) is 14.6 Å². The number of benzene rings is 2. The molecule has 3 rings (SSSR count). The van der Waals surface area contributed by atoms with E-state index in [0.29, 0.717) is 12.3 Å². The summed E-state index contributed by atoms with van der Waals surface area (Å²) in [6.45, 7) is 1.27. The van der Waals surface area contributed by atoms with E-state index in [9.17, 15) is 26.4 Å². The largest absolute Gasteiger partial charge is 0.478 e. The first-order valence-electron chi connectivity index (χ1n) is 9.02. The Morgan fingerprint density at radius 3 is 2.28 bits per heavy atom. The summed E-state index contributed by atoms with van der Waals surface area (Å²) in [5.41, 5.74) is -1.36. The molecule has 0 saturated heterocycles. The van der Waals surface area contributed by atoms with E-state index in [-0.39, 0.29) is 21.2 Å². The standard InChI is InChI=1S/C22H15ClF3NO4S/c1-12(22(28)29)8-15-10-18(20(26)11-27-15)21(17-9-14(24)4-7-19(17)25)32(30,31)16-5-2-13(23)3-6-16/h2-11,21H,1H3,(H,28,29)/b12-8+. The quantitative estimate of drug-likeness (QED) is 0.489. The molecule has 0 spiro atoms. The van der Waals surface area contributed by atoms with E-state index in [2.05, 4.69) is 4.98 Å². The molecule has 1 atom stereocenters. The van der Waals surface area contributed by atoms with Crippen LogP contribution in [0.25, 0.3) is 6.08 Å². The highest BCUT2D eigenvalue weighted by Gasteiger charge is 2.35. The second-order valence-electron chi connectivity index (χ2n) is 6.81. The van der Waals surface area contributed by atoms with Gasteiger partial charge in [0.15, 0.2) is 9.84 Å². The van der Waals surface area contributed by atoms with Crippen molar-refractivity contribution in [3.05, 3.63) is 99.6 Å². The molecule has 0 aliphatic rings. The molecule has 5 nitrogen and oxygen atoms in total. The molecule has 0 fully saturated rings. The summed E-state index contributed by atoms with van der Waals surface area (Å²) in [5, 5.41) is 7.31. The van der Waals surface area contributed by atoms with Gasteiger partial charge in [-0.1, -0.05) is 11.6 Å². The summed E-state index contributed by atoms with van der Waals surface area (Å²) in [4.78, 5) is 14.5. The Hall–Kier alpha value is -3.17. The molecule has 1 N–H and O–H groups in total. The van der Waals surface area contributed by atoms with Crippen molar-refractivity contribution in [1.29, 1.82) is 0 Å². The Morgan fingerprint density at radius 2 is 1.66 bits per heavy atom. The Kier molecular flexibility index (Phi) is 6.71. The van der Waals surface area contributed by atoms with Gasteiger partial charge < -0.3 is 5.11 Å². The van der Waals surface area contributed by atoms with Crippen LogP contribution in [0.3, 0.4) is 0 Å². The highest BCUT2D eigenvalue weighted by molar-refractivity contribution is 7.91. The Morgan fingerprint density at radius 1 is 1.03 bits per heavy atom. The number of carboxylic acid groups (broad SMARTS) is 1. The van der Waals surface area contributed by atoms with Crippen LogP contribution >= 0.6 is 11.6 Å². The number of hydrogen-bond donors (Lipinski definition) is 1. The van der Waals surface area contributed by atoms with Crippen LogP contribution in [0.1, 0.15) is 29.0 Å². The van der Waals surface area contributed by atoms with E-state index in [0.717, 1.165) is 36.4 Å². The third kappa shape index (κ3) is 4.84. The lowest BCUT2D eigenvalue weighted by atomic mass is 10.0. The Balaban J connectivity index is 2.31. The maximum Gasteiger partial charge on any atom is 0.331 e. The lowest BCUT2D eigenvalue weighted by molar-refractivity contribution is -0.132. The molecular weight excluding hydrogens is 467 g/mol. The van der Waals surface area contributed by atoms with Gasteiger partial charge in [-0.3, -0.25) is 4.98 Å². The number of nitrogens with zero attached hydrogens (tertiary/aromatic N) is 1.